The van der Waals surface area contributed by atoms with E-state index in [-0.39, 0.29) is 6.04 Å². The van der Waals surface area contributed by atoms with Crippen LogP contribution >= 0.6 is 11.6 Å². The maximum Gasteiger partial charge on any atom is 0.404 e. The number of anilines is 1. The first kappa shape index (κ1) is 10.1. The van der Waals surface area contributed by atoms with Gasteiger partial charge in [-0.2, -0.15) is 0 Å². The Morgan fingerprint density at radius 1 is 1.47 bits per heavy atom. The number of nitrogen functional groups attached to an aromatic ring is 1. The van der Waals surface area contributed by atoms with Crippen molar-refractivity contribution in [3.63, 3.8) is 0 Å². The van der Waals surface area contributed by atoms with E-state index in [0.29, 0.717) is 23.6 Å². The molecule has 1 aromatic rings. The molecule has 4 N–H and O–H groups in total. The Bertz CT molecular complexity index is 389. The standard InChI is InChI=1S/C10H11ClN2O2/c11-8-3-5-1-7(13-10(14)15)2-6(5)4-9(8)12/h3-4,7,13H,1-2,12H2,(H,14,15). The van der Waals surface area contributed by atoms with Gasteiger partial charge in [0.2, 0.25) is 0 Å². The van der Waals surface area contributed by atoms with Crippen LogP contribution in [0, 0.1) is 0 Å². The Hall–Kier alpha value is -1.42. The summed E-state index contributed by atoms with van der Waals surface area (Å²) < 4.78 is 0. The molecule has 0 spiro atoms. The zero-order valence-electron chi connectivity index (χ0n) is 7.96. The van der Waals surface area contributed by atoms with Crippen molar-refractivity contribution in [2.75, 3.05) is 5.73 Å². The van der Waals surface area contributed by atoms with Gasteiger partial charge in [-0.3, -0.25) is 0 Å². The third-order valence-electron chi connectivity index (χ3n) is 2.58. The third kappa shape index (κ3) is 1.99. The maximum absolute atomic E-state index is 10.5. The van der Waals surface area contributed by atoms with E-state index in [9.17, 15) is 4.79 Å². The summed E-state index contributed by atoms with van der Waals surface area (Å²) in [6, 6.07) is 3.58. The van der Waals surface area contributed by atoms with E-state index in [1.807, 2.05) is 12.1 Å². The van der Waals surface area contributed by atoms with Gasteiger partial charge in [-0.1, -0.05) is 11.6 Å². The molecule has 1 aromatic carbocycles. The quantitative estimate of drug-likeness (QED) is 0.638. The van der Waals surface area contributed by atoms with Crippen molar-refractivity contribution in [1.29, 1.82) is 0 Å². The van der Waals surface area contributed by atoms with Crippen LogP contribution in [0.4, 0.5) is 10.5 Å². The van der Waals surface area contributed by atoms with Crippen LogP contribution in [0.1, 0.15) is 11.1 Å². The summed E-state index contributed by atoms with van der Waals surface area (Å²) in [5, 5.41) is 11.6. The maximum atomic E-state index is 10.5. The van der Waals surface area contributed by atoms with Gasteiger partial charge in [0, 0.05) is 6.04 Å². The fourth-order valence-corrected chi connectivity index (χ4v) is 2.12. The number of hydrogen-bond acceptors (Lipinski definition) is 2. The van der Waals surface area contributed by atoms with Crippen LogP contribution in [0.5, 0.6) is 0 Å². The highest BCUT2D eigenvalue weighted by molar-refractivity contribution is 6.33. The fourth-order valence-electron chi connectivity index (χ4n) is 1.94. The van der Waals surface area contributed by atoms with E-state index in [2.05, 4.69) is 5.32 Å². The van der Waals surface area contributed by atoms with Crippen LogP contribution in [0.15, 0.2) is 12.1 Å². The summed E-state index contributed by atoms with van der Waals surface area (Å²) in [5.41, 5.74) is 8.37. The van der Waals surface area contributed by atoms with Gasteiger partial charge in [0.1, 0.15) is 0 Å². The second-order valence-electron chi connectivity index (χ2n) is 3.70. The predicted molar refractivity (Wildman–Crippen MR) is 58.2 cm³/mol. The summed E-state index contributed by atoms with van der Waals surface area (Å²) >= 11 is 5.88. The van der Waals surface area contributed by atoms with Crippen molar-refractivity contribution >= 4 is 23.4 Å². The van der Waals surface area contributed by atoms with E-state index >= 15 is 0 Å². The van der Waals surface area contributed by atoms with Crippen molar-refractivity contribution < 1.29 is 9.90 Å². The van der Waals surface area contributed by atoms with E-state index in [1.54, 1.807) is 0 Å². The van der Waals surface area contributed by atoms with Crippen LogP contribution in [0.25, 0.3) is 0 Å². The second-order valence-corrected chi connectivity index (χ2v) is 4.10. The Kier molecular flexibility index (Phi) is 2.44. The van der Waals surface area contributed by atoms with Crippen molar-refractivity contribution in [2.24, 2.45) is 0 Å². The molecule has 1 aliphatic rings. The SMILES string of the molecule is Nc1cc2c(cc1Cl)CC(NC(=O)O)C2. The highest BCUT2D eigenvalue weighted by Crippen LogP contribution is 2.29. The lowest BCUT2D eigenvalue weighted by Gasteiger charge is -2.07. The second kappa shape index (κ2) is 3.62. The van der Waals surface area contributed by atoms with Gasteiger partial charge in [-0.05, 0) is 36.1 Å². The number of halogens is 1. The number of amides is 1. The Labute approximate surface area is 92.0 Å². The number of benzene rings is 1. The smallest absolute Gasteiger partial charge is 0.404 e. The summed E-state index contributed by atoms with van der Waals surface area (Å²) in [7, 11) is 0. The van der Waals surface area contributed by atoms with Crippen molar-refractivity contribution in [2.45, 2.75) is 18.9 Å². The first-order chi connectivity index (χ1) is 7.06. The van der Waals surface area contributed by atoms with E-state index in [4.69, 9.17) is 22.4 Å². The number of fused-ring (bicyclic) bond motifs is 1. The minimum Gasteiger partial charge on any atom is -0.465 e. The summed E-state index contributed by atoms with van der Waals surface area (Å²) in [6.45, 7) is 0. The molecule has 0 radical (unpaired) electrons. The lowest BCUT2D eigenvalue weighted by molar-refractivity contribution is 0.190. The average molecular weight is 227 g/mol. The van der Waals surface area contributed by atoms with Crippen LogP contribution in [0.2, 0.25) is 5.02 Å². The Morgan fingerprint density at radius 2 is 2.07 bits per heavy atom. The number of hydrogen-bond donors (Lipinski definition) is 3. The molecular weight excluding hydrogens is 216 g/mol. The molecule has 5 heteroatoms. The van der Waals surface area contributed by atoms with Crippen LogP contribution in [-0.2, 0) is 12.8 Å². The zero-order valence-corrected chi connectivity index (χ0v) is 8.71. The predicted octanol–water partition coefficient (Wildman–Crippen LogP) is 1.66. The van der Waals surface area contributed by atoms with Crippen LogP contribution in [0.3, 0.4) is 0 Å². The molecule has 1 amide bonds. The van der Waals surface area contributed by atoms with Gasteiger partial charge >= 0.3 is 6.09 Å². The van der Waals surface area contributed by atoms with Crippen molar-refractivity contribution in [3.05, 3.63) is 28.3 Å². The van der Waals surface area contributed by atoms with Crippen LogP contribution in [-0.4, -0.2) is 17.2 Å². The van der Waals surface area contributed by atoms with Gasteiger partial charge < -0.3 is 16.2 Å². The van der Waals surface area contributed by atoms with E-state index in [0.717, 1.165) is 11.1 Å². The lowest BCUT2D eigenvalue weighted by atomic mass is 10.1. The minimum absolute atomic E-state index is 0.0598. The number of nitrogens with two attached hydrogens (primary N) is 1. The van der Waals surface area contributed by atoms with Gasteiger partial charge in [-0.25, -0.2) is 4.79 Å². The average Bonchev–Trinajstić information content (AvgIpc) is 2.46. The van der Waals surface area contributed by atoms with Gasteiger partial charge in [0.25, 0.3) is 0 Å². The van der Waals surface area contributed by atoms with Gasteiger partial charge in [0.15, 0.2) is 0 Å². The summed E-state index contributed by atoms with van der Waals surface area (Å²) in [6.07, 6.45) is 0.372. The van der Waals surface area contributed by atoms with Gasteiger partial charge in [-0.15, -0.1) is 0 Å². The molecule has 0 fully saturated rings. The number of nitrogens with one attached hydrogen (secondary N) is 1. The van der Waals surface area contributed by atoms with Crippen molar-refractivity contribution in [1.82, 2.24) is 5.32 Å². The summed E-state index contributed by atoms with van der Waals surface area (Å²) in [4.78, 5) is 10.5. The molecule has 1 aliphatic carbocycles. The zero-order chi connectivity index (χ0) is 11.0. The highest BCUT2D eigenvalue weighted by Gasteiger charge is 2.23. The molecule has 0 aromatic heterocycles. The molecule has 4 nitrogen and oxygen atoms in total. The number of carbonyl (C=O) groups is 1. The molecule has 0 heterocycles. The molecule has 1 atom stereocenters. The van der Waals surface area contributed by atoms with Crippen LogP contribution < -0.4 is 11.1 Å². The topological polar surface area (TPSA) is 75.3 Å². The Morgan fingerprint density at radius 3 is 2.67 bits per heavy atom. The number of rotatable bonds is 1. The summed E-state index contributed by atoms with van der Waals surface area (Å²) in [5.74, 6) is 0. The lowest BCUT2D eigenvalue weighted by Crippen LogP contribution is -2.33. The molecule has 80 valence electrons. The molecular formula is C10H11ClN2O2. The Balaban J connectivity index is 2.20. The molecule has 0 bridgehead atoms. The molecule has 0 saturated carbocycles. The first-order valence-electron chi connectivity index (χ1n) is 4.62. The molecule has 0 saturated heterocycles. The number of carboxylic acid groups (broad SMARTS) is 1. The first-order valence-corrected chi connectivity index (χ1v) is 5.00. The molecule has 1 unspecified atom stereocenters. The molecule has 2 rings (SSSR count). The highest BCUT2D eigenvalue weighted by atomic mass is 35.5. The van der Waals surface area contributed by atoms with Crippen molar-refractivity contribution in [3.8, 4) is 0 Å². The molecule has 0 aliphatic heterocycles. The van der Waals surface area contributed by atoms with E-state index in [1.165, 1.54) is 0 Å². The monoisotopic (exact) mass is 226 g/mol. The molecule has 15 heavy (non-hydrogen) atoms. The normalized spacial score (nSPS) is 18.6. The van der Waals surface area contributed by atoms with E-state index < -0.39 is 6.09 Å². The minimum atomic E-state index is -0.994. The largest absolute Gasteiger partial charge is 0.465 e. The fraction of sp³-hybridized carbons (Fsp3) is 0.300. The van der Waals surface area contributed by atoms with Gasteiger partial charge in [0.05, 0.1) is 10.7 Å². The third-order valence-corrected chi connectivity index (χ3v) is 2.91.